The molecule has 1 aliphatic rings. The third-order valence-corrected chi connectivity index (χ3v) is 4.29. The van der Waals surface area contributed by atoms with E-state index in [1.54, 1.807) is 18.5 Å². The van der Waals surface area contributed by atoms with Gasteiger partial charge < -0.3 is 10.0 Å². The summed E-state index contributed by atoms with van der Waals surface area (Å²) in [6.45, 7) is 1.52. The molecule has 1 fully saturated rings. The van der Waals surface area contributed by atoms with Crippen molar-refractivity contribution in [2.75, 3.05) is 18.0 Å². The lowest BCUT2D eigenvalue weighted by atomic mass is 10.1. The standard InChI is InChI=1S/C17H17FN4O/c18-13-3-1-2-12(10-13)15-11-20-17-16(19-6-9-22(15)17)21-7-4-14(23)5-8-21/h1-3,6,9-11,14,23H,4-5,7-8H2. The fourth-order valence-electron chi connectivity index (χ4n) is 3.07. The summed E-state index contributed by atoms with van der Waals surface area (Å²) in [5.74, 6) is 0.541. The molecule has 0 amide bonds. The van der Waals surface area contributed by atoms with Gasteiger partial charge in [-0.25, -0.2) is 14.4 Å². The lowest BCUT2D eigenvalue weighted by Crippen LogP contribution is -2.36. The third kappa shape index (κ3) is 2.55. The van der Waals surface area contributed by atoms with Gasteiger partial charge in [-0.2, -0.15) is 0 Å². The number of anilines is 1. The van der Waals surface area contributed by atoms with Gasteiger partial charge in [-0.15, -0.1) is 0 Å². The first-order valence-corrected chi connectivity index (χ1v) is 7.73. The predicted molar refractivity (Wildman–Crippen MR) is 85.8 cm³/mol. The minimum absolute atomic E-state index is 0.228. The van der Waals surface area contributed by atoms with Crippen LogP contribution in [0.5, 0.6) is 0 Å². The molecule has 3 heterocycles. The lowest BCUT2D eigenvalue weighted by Gasteiger charge is -2.30. The summed E-state index contributed by atoms with van der Waals surface area (Å²) in [5.41, 5.74) is 2.37. The number of nitrogens with zero attached hydrogens (tertiary/aromatic N) is 4. The van der Waals surface area contributed by atoms with Crippen molar-refractivity contribution in [1.29, 1.82) is 0 Å². The van der Waals surface area contributed by atoms with Gasteiger partial charge >= 0.3 is 0 Å². The van der Waals surface area contributed by atoms with E-state index in [1.807, 2.05) is 16.7 Å². The van der Waals surface area contributed by atoms with Crippen LogP contribution in [-0.4, -0.2) is 38.7 Å². The highest BCUT2D eigenvalue weighted by atomic mass is 19.1. The van der Waals surface area contributed by atoms with Gasteiger partial charge in [0.15, 0.2) is 11.5 Å². The molecule has 0 spiro atoms. The fraction of sp³-hybridized carbons (Fsp3) is 0.294. The van der Waals surface area contributed by atoms with Gasteiger partial charge in [0.05, 0.1) is 18.0 Å². The molecule has 0 bridgehead atoms. The summed E-state index contributed by atoms with van der Waals surface area (Å²) in [7, 11) is 0. The maximum atomic E-state index is 13.5. The summed E-state index contributed by atoms with van der Waals surface area (Å²) in [5, 5.41) is 9.66. The Balaban J connectivity index is 1.78. The molecule has 0 atom stereocenters. The highest BCUT2D eigenvalue weighted by molar-refractivity contribution is 5.71. The topological polar surface area (TPSA) is 53.7 Å². The number of imidazole rings is 1. The summed E-state index contributed by atoms with van der Waals surface area (Å²) < 4.78 is 15.4. The van der Waals surface area contributed by atoms with Crippen molar-refractivity contribution in [2.45, 2.75) is 18.9 Å². The van der Waals surface area contributed by atoms with Crippen LogP contribution in [0, 0.1) is 5.82 Å². The normalized spacial score (nSPS) is 16.2. The molecule has 1 N–H and O–H groups in total. The molecule has 0 unspecified atom stereocenters. The highest BCUT2D eigenvalue weighted by Crippen LogP contribution is 2.27. The number of aliphatic hydroxyl groups is 1. The Labute approximate surface area is 133 Å². The Bertz CT molecular complexity index is 839. The van der Waals surface area contributed by atoms with E-state index in [4.69, 9.17) is 0 Å². The second-order valence-corrected chi connectivity index (χ2v) is 5.82. The average molecular weight is 312 g/mol. The molecule has 1 saturated heterocycles. The Kier molecular flexibility index (Phi) is 3.46. The first-order chi connectivity index (χ1) is 11.2. The van der Waals surface area contributed by atoms with Crippen LogP contribution in [0.3, 0.4) is 0 Å². The van der Waals surface area contributed by atoms with Gasteiger partial charge in [-0.3, -0.25) is 4.40 Å². The molecule has 2 aromatic heterocycles. The van der Waals surface area contributed by atoms with Gasteiger partial charge in [-0.05, 0) is 25.0 Å². The Morgan fingerprint density at radius 3 is 2.78 bits per heavy atom. The van der Waals surface area contributed by atoms with Crippen molar-refractivity contribution >= 4 is 11.5 Å². The smallest absolute Gasteiger partial charge is 0.180 e. The van der Waals surface area contributed by atoms with E-state index in [0.717, 1.165) is 48.7 Å². The highest BCUT2D eigenvalue weighted by Gasteiger charge is 2.21. The van der Waals surface area contributed by atoms with Crippen LogP contribution in [0.15, 0.2) is 42.9 Å². The monoisotopic (exact) mass is 312 g/mol. The molecule has 0 radical (unpaired) electrons. The predicted octanol–water partition coefficient (Wildman–Crippen LogP) is 2.50. The van der Waals surface area contributed by atoms with Crippen LogP contribution >= 0.6 is 0 Å². The van der Waals surface area contributed by atoms with Gasteiger partial charge in [0.1, 0.15) is 5.82 Å². The molecule has 5 nitrogen and oxygen atoms in total. The lowest BCUT2D eigenvalue weighted by molar-refractivity contribution is 0.145. The number of fused-ring (bicyclic) bond motifs is 1. The SMILES string of the molecule is OC1CCN(c2nccn3c(-c4cccc(F)c4)cnc23)CC1. The van der Waals surface area contributed by atoms with Gasteiger partial charge in [-0.1, -0.05) is 12.1 Å². The quantitative estimate of drug-likeness (QED) is 0.790. The van der Waals surface area contributed by atoms with Gasteiger partial charge in [0, 0.05) is 31.0 Å². The molecule has 0 aliphatic carbocycles. The van der Waals surface area contributed by atoms with Crippen molar-refractivity contribution in [3.63, 3.8) is 0 Å². The van der Waals surface area contributed by atoms with E-state index in [1.165, 1.54) is 12.1 Å². The number of aliphatic hydroxyl groups excluding tert-OH is 1. The van der Waals surface area contributed by atoms with E-state index >= 15 is 0 Å². The van der Waals surface area contributed by atoms with E-state index in [9.17, 15) is 9.50 Å². The number of aromatic nitrogens is 3. The maximum Gasteiger partial charge on any atom is 0.180 e. The minimum atomic E-state index is -0.267. The van der Waals surface area contributed by atoms with Gasteiger partial charge in [0.2, 0.25) is 0 Å². The number of halogens is 1. The molecule has 3 aromatic rings. The van der Waals surface area contributed by atoms with Crippen molar-refractivity contribution in [3.05, 3.63) is 48.7 Å². The van der Waals surface area contributed by atoms with Crippen molar-refractivity contribution in [1.82, 2.24) is 14.4 Å². The zero-order chi connectivity index (χ0) is 15.8. The molecule has 0 saturated carbocycles. The van der Waals surface area contributed by atoms with Gasteiger partial charge in [0.25, 0.3) is 0 Å². The number of hydrogen-bond acceptors (Lipinski definition) is 4. The fourth-order valence-corrected chi connectivity index (χ4v) is 3.07. The number of rotatable bonds is 2. The molecular formula is C17H17FN4O. The average Bonchev–Trinajstić information content (AvgIpc) is 3.00. The van der Waals surface area contributed by atoms with E-state index in [2.05, 4.69) is 14.9 Å². The van der Waals surface area contributed by atoms with Crippen LogP contribution < -0.4 is 4.90 Å². The zero-order valence-corrected chi connectivity index (χ0v) is 12.6. The first kappa shape index (κ1) is 14.1. The zero-order valence-electron chi connectivity index (χ0n) is 12.6. The summed E-state index contributed by atoms with van der Waals surface area (Å²) in [6.07, 6.45) is 6.56. The van der Waals surface area contributed by atoms with Crippen LogP contribution in [0.2, 0.25) is 0 Å². The molecular weight excluding hydrogens is 295 g/mol. The van der Waals surface area contributed by atoms with Crippen LogP contribution in [-0.2, 0) is 0 Å². The number of hydrogen-bond donors (Lipinski definition) is 1. The summed E-state index contributed by atoms with van der Waals surface area (Å²) in [4.78, 5) is 11.1. The third-order valence-electron chi connectivity index (χ3n) is 4.29. The van der Waals surface area contributed by atoms with Crippen LogP contribution in [0.4, 0.5) is 10.2 Å². The van der Waals surface area contributed by atoms with Crippen molar-refractivity contribution < 1.29 is 9.50 Å². The molecule has 23 heavy (non-hydrogen) atoms. The number of piperidine rings is 1. The van der Waals surface area contributed by atoms with Crippen LogP contribution in [0.1, 0.15) is 12.8 Å². The van der Waals surface area contributed by atoms with E-state index in [-0.39, 0.29) is 11.9 Å². The second-order valence-electron chi connectivity index (χ2n) is 5.82. The largest absolute Gasteiger partial charge is 0.393 e. The molecule has 118 valence electrons. The van der Waals surface area contributed by atoms with E-state index < -0.39 is 0 Å². The van der Waals surface area contributed by atoms with Crippen LogP contribution in [0.25, 0.3) is 16.9 Å². The Hall–Kier alpha value is -2.47. The first-order valence-electron chi connectivity index (χ1n) is 7.73. The minimum Gasteiger partial charge on any atom is -0.393 e. The Morgan fingerprint density at radius 1 is 1.17 bits per heavy atom. The van der Waals surface area contributed by atoms with Crippen molar-refractivity contribution in [3.8, 4) is 11.3 Å². The second kappa shape index (κ2) is 5.62. The van der Waals surface area contributed by atoms with E-state index in [0.29, 0.717) is 0 Å². The molecule has 1 aromatic carbocycles. The maximum absolute atomic E-state index is 13.5. The Morgan fingerprint density at radius 2 is 2.00 bits per heavy atom. The molecule has 1 aliphatic heterocycles. The summed E-state index contributed by atoms with van der Waals surface area (Å²) in [6, 6.07) is 6.49. The number of benzene rings is 1. The molecule has 6 heteroatoms. The molecule has 4 rings (SSSR count). The summed E-state index contributed by atoms with van der Waals surface area (Å²) >= 11 is 0. The van der Waals surface area contributed by atoms with Crippen molar-refractivity contribution in [2.24, 2.45) is 0 Å².